The quantitative estimate of drug-likeness (QED) is 0.373. The van der Waals surface area contributed by atoms with Crippen molar-refractivity contribution in [3.63, 3.8) is 0 Å². The molecular weight excluding hydrogens is 463 g/mol. The van der Waals surface area contributed by atoms with Gasteiger partial charge in [0.15, 0.2) is 0 Å². The van der Waals surface area contributed by atoms with Gasteiger partial charge in [0.25, 0.3) is 0 Å². The molecule has 0 spiro atoms. The van der Waals surface area contributed by atoms with E-state index < -0.39 is 6.04 Å². The van der Waals surface area contributed by atoms with E-state index in [2.05, 4.69) is 12.2 Å². The maximum atomic E-state index is 13.1. The molecule has 0 fully saturated rings. The smallest absolute Gasteiger partial charge is 0.242 e. The molecule has 6 nitrogen and oxygen atoms in total. The molecule has 0 heterocycles. The highest BCUT2D eigenvalue weighted by atomic mass is 35.5. The van der Waals surface area contributed by atoms with Crippen molar-refractivity contribution in [1.82, 2.24) is 10.2 Å². The first-order valence-electron chi connectivity index (χ1n) is 11.1. The van der Waals surface area contributed by atoms with Crippen LogP contribution in [-0.2, 0) is 16.1 Å². The molecule has 0 bridgehead atoms. The van der Waals surface area contributed by atoms with Gasteiger partial charge in [-0.1, -0.05) is 42.6 Å². The number of ether oxygens (including phenoxy) is 2. The lowest BCUT2D eigenvalue weighted by molar-refractivity contribution is -0.140. The van der Waals surface area contributed by atoms with E-state index in [0.717, 1.165) is 18.6 Å². The summed E-state index contributed by atoms with van der Waals surface area (Å²) >= 11 is 12.7. The van der Waals surface area contributed by atoms with Crippen LogP contribution < -0.4 is 14.8 Å². The van der Waals surface area contributed by atoms with Crippen LogP contribution >= 0.6 is 23.2 Å². The van der Waals surface area contributed by atoms with Crippen molar-refractivity contribution in [1.29, 1.82) is 0 Å². The Labute approximate surface area is 206 Å². The molecule has 2 aromatic carbocycles. The number of benzene rings is 2. The maximum Gasteiger partial charge on any atom is 0.242 e. The van der Waals surface area contributed by atoms with Gasteiger partial charge in [-0.25, -0.2) is 0 Å². The van der Waals surface area contributed by atoms with E-state index >= 15 is 0 Å². The Kier molecular flexibility index (Phi) is 11.3. The number of hydrogen-bond donors (Lipinski definition) is 1. The number of methoxy groups -OCH3 is 1. The lowest BCUT2D eigenvalue weighted by atomic mass is 10.1. The van der Waals surface area contributed by atoms with E-state index in [-0.39, 0.29) is 24.8 Å². The molecule has 0 radical (unpaired) electrons. The highest BCUT2D eigenvalue weighted by Gasteiger charge is 2.27. The molecule has 0 aliphatic carbocycles. The molecule has 0 saturated heterocycles. The van der Waals surface area contributed by atoms with Crippen LogP contribution in [0.2, 0.25) is 10.0 Å². The third-order valence-electron chi connectivity index (χ3n) is 5.25. The van der Waals surface area contributed by atoms with Gasteiger partial charge >= 0.3 is 0 Å². The highest BCUT2D eigenvalue weighted by molar-refractivity contribution is 6.36. The Morgan fingerprint density at radius 1 is 1.03 bits per heavy atom. The topological polar surface area (TPSA) is 67.9 Å². The molecule has 2 amide bonds. The third kappa shape index (κ3) is 8.45. The predicted octanol–water partition coefficient (Wildman–Crippen LogP) is 5.49. The first-order chi connectivity index (χ1) is 15.9. The number of unbranched alkanes of at least 4 members (excludes halogenated alkanes) is 1. The zero-order valence-corrected chi connectivity index (χ0v) is 20.9. The number of amides is 2. The van der Waals surface area contributed by atoms with Gasteiger partial charge in [0, 0.05) is 35.1 Å². The van der Waals surface area contributed by atoms with E-state index in [0.29, 0.717) is 40.9 Å². The van der Waals surface area contributed by atoms with Gasteiger partial charge in [-0.15, -0.1) is 0 Å². The van der Waals surface area contributed by atoms with Crippen molar-refractivity contribution in [2.24, 2.45) is 0 Å². The summed E-state index contributed by atoms with van der Waals surface area (Å²) < 4.78 is 10.9. The number of hydrogen-bond acceptors (Lipinski definition) is 4. The van der Waals surface area contributed by atoms with Crippen molar-refractivity contribution in [3.8, 4) is 11.5 Å². The molecule has 0 aromatic heterocycles. The Morgan fingerprint density at radius 3 is 2.27 bits per heavy atom. The molecule has 33 heavy (non-hydrogen) atoms. The fourth-order valence-electron chi connectivity index (χ4n) is 3.20. The lowest BCUT2D eigenvalue weighted by Crippen LogP contribution is -2.47. The van der Waals surface area contributed by atoms with Crippen LogP contribution in [0.25, 0.3) is 0 Å². The maximum absolute atomic E-state index is 13.1. The second-order valence-corrected chi connectivity index (χ2v) is 8.48. The molecule has 1 atom stereocenters. The molecule has 2 rings (SSSR count). The summed E-state index contributed by atoms with van der Waals surface area (Å²) in [4.78, 5) is 27.3. The minimum absolute atomic E-state index is 0.152. The average Bonchev–Trinajstić information content (AvgIpc) is 2.81. The zero-order valence-electron chi connectivity index (χ0n) is 19.4. The van der Waals surface area contributed by atoms with Crippen LogP contribution in [0.15, 0.2) is 42.5 Å². The van der Waals surface area contributed by atoms with Gasteiger partial charge in [0.2, 0.25) is 11.8 Å². The van der Waals surface area contributed by atoms with Crippen LogP contribution in [0.3, 0.4) is 0 Å². The van der Waals surface area contributed by atoms with Crippen LogP contribution in [0.4, 0.5) is 0 Å². The van der Waals surface area contributed by atoms with Crippen molar-refractivity contribution in [3.05, 3.63) is 58.1 Å². The SMILES string of the molecule is CCCCNC(=O)C(C)N(Cc1c(Cl)cccc1Cl)C(=O)CCCOc1ccc(OC)cc1. The van der Waals surface area contributed by atoms with Gasteiger partial charge < -0.3 is 19.7 Å². The number of nitrogens with zero attached hydrogens (tertiary/aromatic N) is 1. The molecule has 1 unspecified atom stereocenters. The van der Waals surface area contributed by atoms with E-state index in [1.165, 1.54) is 4.90 Å². The van der Waals surface area contributed by atoms with Crippen LogP contribution in [0.5, 0.6) is 11.5 Å². The van der Waals surface area contributed by atoms with Crippen molar-refractivity contribution in [2.45, 2.75) is 52.1 Å². The zero-order chi connectivity index (χ0) is 24.2. The van der Waals surface area contributed by atoms with Crippen LogP contribution in [0.1, 0.15) is 45.1 Å². The minimum atomic E-state index is -0.663. The minimum Gasteiger partial charge on any atom is -0.497 e. The summed E-state index contributed by atoms with van der Waals surface area (Å²) in [5.74, 6) is 1.08. The largest absolute Gasteiger partial charge is 0.497 e. The predicted molar refractivity (Wildman–Crippen MR) is 132 cm³/mol. The Balaban J connectivity index is 2.02. The highest BCUT2D eigenvalue weighted by Crippen LogP contribution is 2.27. The average molecular weight is 495 g/mol. The summed E-state index contributed by atoms with van der Waals surface area (Å²) in [5, 5.41) is 3.82. The number of nitrogens with one attached hydrogen (secondary N) is 1. The van der Waals surface area contributed by atoms with Crippen molar-refractivity contribution >= 4 is 35.0 Å². The monoisotopic (exact) mass is 494 g/mol. The standard InChI is InChI=1S/C25H32Cl2N2O4/c1-4-5-15-28-25(31)18(2)29(17-21-22(26)8-6-9-23(21)27)24(30)10-7-16-33-20-13-11-19(32-3)12-14-20/h6,8-9,11-14,18H,4-5,7,10,15-17H2,1-3H3,(H,28,31). The second kappa shape index (κ2) is 14.0. The first kappa shape index (κ1) is 26.8. The van der Waals surface area contributed by atoms with Gasteiger partial charge in [-0.05, 0) is 56.2 Å². The first-order valence-corrected chi connectivity index (χ1v) is 11.9. The van der Waals surface area contributed by atoms with Gasteiger partial charge in [0.1, 0.15) is 17.5 Å². The summed E-state index contributed by atoms with van der Waals surface area (Å²) in [5.41, 5.74) is 0.622. The summed E-state index contributed by atoms with van der Waals surface area (Å²) in [6, 6.07) is 11.8. The normalized spacial score (nSPS) is 11.5. The van der Waals surface area contributed by atoms with Crippen molar-refractivity contribution in [2.75, 3.05) is 20.3 Å². The molecule has 2 aromatic rings. The molecule has 0 saturated carbocycles. The molecule has 1 N–H and O–H groups in total. The van der Waals surface area contributed by atoms with E-state index in [4.69, 9.17) is 32.7 Å². The van der Waals surface area contributed by atoms with Crippen LogP contribution in [-0.4, -0.2) is 43.0 Å². The Morgan fingerprint density at radius 2 is 1.67 bits per heavy atom. The van der Waals surface area contributed by atoms with Crippen LogP contribution in [0, 0.1) is 0 Å². The van der Waals surface area contributed by atoms with E-state index in [1.807, 2.05) is 24.3 Å². The molecular formula is C25H32Cl2N2O4. The molecule has 0 aliphatic heterocycles. The molecule has 180 valence electrons. The third-order valence-corrected chi connectivity index (χ3v) is 5.96. The number of halogens is 2. The summed E-state index contributed by atoms with van der Waals surface area (Å²) in [7, 11) is 1.61. The fraction of sp³-hybridized carbons (Fsp3) is 0.440. The molecule has 8 heteroatoms. The second-order valence-electron chi connectivity index (χ2n) is 7.67. The summed E-state index contributed by atoms with van der Waals surface area (Å²) in [6.07, 6.45) is 2.58. The molecule has 0 aliphatic rings. The Bertz CT molecular complexity index is 886. The van der Waals surface area contributed by atoms with Crippen molar-refractivity contribution < 1.29 is 19.1 Å². The number of rotatable bonds is 13. The summed E-state index contributed by atoms with van der Waals surface area (Å²) in [6.45, 7) is 4.87. The van der Waals surface area contributed by atoms with E-state index in [1.54, 1.807) is 32.2 Å². The van der Waals surface area contributed by atoms with Gasteiger partial charge in [0.05, 0.1) is 13.7 Å². The number of carbonyl (C=O) groups is 2. The fourth-order valence-corrected chi connectivity index (χ4v) is 3.72. The van der Waals surface area contributed by atoms with Gasteiger partial charge in [-0.3, -0.25) is 9.59 Å². The lowest BCUT2D eigenvalue weighted by Gasteiger charge is -2.29. The Hall–Kier alpha value is -2.44. The van der Waals surface area contributed by atoms with E-state index in [9.17, 15) is 9.59 Å². The van der Waals surface area contributed by atoms with Gasteiger partial charge in [-0.2, -0.15) is 0 Å². The number of carbonyl (C=O) groups excluding carboxylic acids is 2.